The van der Waals surface area contributed by atoms with Crippen LogP contribution >= 0.6 is 0 Å². The lowest BCUT2D eigenvalue weighted by Gasteiger charge is -2.26. The third-order valence-corrected chi connectivity index (χ3v) is 1.56. The Morgan fingerprint density at radius 1 is 1.62 bits per heavy atom. The van der Waals surface area contributed by atoms with Gasteiger partial charge in [0.15, 0.2) is 6.23 Å². The number of ether oxygens (including phenoxy) is 1. The molecule has 1 N–H and O–H groups in total. The van der Waals surface area contributed by atoms with Gasteiger partial charge in [-0.05, 0) is 26.8 Å². The van der Waals surface area contributed by atoms with Crippen molar-refractivity contribution < 1.29 is 14.6 Å². The second-order valence-corrected chi connectivity index (χ2v) is 3.97. The van der Waals surface area contributed by atoms with Crippen LogP contribution in [0.15, 0.2) is 12.2 Å². The summed E-state index contributed by atoms with van der Waals surface area (Å²) >= 11 is 0. The van der Waals surface area contributed by atoms with E-state index in [1.807, 2.05) is 0 Å². The van der Waals surface area contributed by atoms with Crippen molar-refractivity contribution in [3.05, 3.63) is 12.2 Å². The number of carbonyl (C=O) groups excluding carboxylic acids is 1. The lowest BCUT2D eigenvalue weighted by atomic mass is 10.2. The first-order valence-electron chi connectivity index (χ1n) is 4.24. The highest BCUT2D eigenvalue weighted by molar-refractivity contribution is 5.69. The molecule has 0 aromatic carbocycles. The Balaban J connectivity index is 2.50. The molecular formula is C9H15NO3. The SMILES string of the molecule is CC(C)(C)OC(=O)N1CC=CC1O. The normalized spacial score (nSPS) is 22.2. The van der Waals surface area contributed by atoms with Crippen LogP contribution in [0, 0.1) is 0 Å². The van der Waals surface area contributed by atoms with Crippen LogP contribution in [0.1, 0.15) is 20.8 Å². The summed E-state index contributed by atoms with van der Waals surface area (Å²) in [7, 11) is 0. The summed E-state index contributed by atoms with van der Waals surface area (Å²) in [5, 5.41) is 9.29. The van der Waals surface area contributed by atoms with Crippen LogP contribution in [0.3, 0.4) is 0 Å². The topological polar surface area (TPSA) is 49.8 Å². The molecule has 0 aliphatic carbocycles. The molecule has 0 radical (unpaired) electrons. The average molecular weight is 185 g/mol. The maximum atomic E-state index is 11.4. The molecule has 4 nitrogen and oxygen atoms in total. The largest absolute Gasteiger partial charge is 0.444 e. The zero-order valence-corrected chi connectivity index (χ0v) is 8.15. The van der Waals surface area contributed by atoms with Crippen LogP contribution in [0.5, 0.6) is 0 Å². The van der Waals surface area contributed by atoms with Crippen molar-refractivity contribution in [2.45, 2.75) is 32.6 Å². The molecule has 1 aliphatic rings. The maximum Gasteiger partial charge on any atom is 0.412 e. The molecule has 74 valence electrons. The fourth-order valence-electron chi connectivity index (χ4n) is 1.01. The fraction of sp³-hybridized carbons (Fsp3) is 0.667. The number of nitrogens with zero attached hydrogens (tertiary/aromatic N) is 1. The van der Waals surface area contributed by atoms with Gasteiger partial charge in [-0.25, -0.2) is 4.79 Å². The van der Waals surface area contributed by atoms with Crippen molar-refractivity contribution in [1.29, 1.82) is 0 Å². The van der Waals surface area contributed by atoms with Gasteiger partial charge in [0.1, 0.15) is 5.60 Å². The van der Waals surface area contributed by atoms with E-state index >= 15 is 0 Å². The van der Waals surface area contributed by atoms with Crippen molar-refractivity contribution in [2.24, 2.45) is 0 Å². The average Bonchev–Trinajstić information content (AvgIpc) is 2.30. The molecule has 4 heteroatoms. The Labute approximate surface area is 77.8 Å². The zero-order valence-electron chi connectivity index (χ0n) is 8.15. The predicted molar refractivity (Wildman–Crippen MR) is 48.1 cm³/mol. The van der Waals surface area contributed by atoms with Crippen molar-refractivity contribution in [1.82, 2.24) is 4.90 Å². The molecule has 1 heterocycles. The lowest BCUT2D eigenvalue weighted by molar-refractivity contribution is -0.00464. The minimum absolute atomic E-state index is 0.413. The van der Waals surface area contributed by atoms with Gasteiger partial charge in [-0.3, -0.25) is 4.90 Å². The van der Waals surface area contributed by atoms with Crippen molar-refractivity contribution >= 4 is 6.09 Å². The van der Waals surface area contributed by atoms with E-state index in [9.17, 15) is 9.90 Å². The highest BCUT2D eigenvalue weighted by Crippen LogP contribution is 2.14. The Hall–Kier alpha value is -1.03. The summed E-state index contributed by atoms with van der Waals surface area (Å²) in [6.07, 6.45) is 1.97. The smallest absolute Gasteiger partial charge is 0.412 e. The van der Waals surface area contributed by atoms with Crippen LogP contribution < -0.4 is 0 Å². The van der Waals surface area contributed by atoms with E-state index in [0.29, 0.717) is 6.54 Å². The Morgan fingerprint density at radius 3 is 2.62 bits per heavy atom. The summed E-state index contributed by atoms with van der Waals surface area (Å²) < 4.78 is 5.08. The lowest BCUT2D eigenvalue weighted by Crippen LogP contribution is -2.40. The van der Waals surface area contributed by atoms with Crippen LogP contribution in [0.25, 0.3) is 0 Å². The van der Waals surface area contributed by atoms with Crippen molar-refractivity contribution in [2.75, 3.05) is 6.54 Å². The summed E-state index contributed by atoms with van der Waals surface area (Å²) in [5.74, 6) is 0. The maximum absolute atomic E-state index is 11.4. The molecule has 0 saturated carbocycles. The standard InChI is InChI=1S/C9H15NO3/c1-9(2,3)13-8(12)10-6-4-5-7(10)11/h4-5,7,11H,6H2,1-3H3. The van der Waals surface area contributed by atoms with Crippen molar-refractivity contribution in [3.63, 3.8) is 0 Å². The van der Waals surface area contributed by atoms with Gasteiger partial charge in [-0.2, -0.15) is 0 Å². The Kier molecular flexibility index (Phi) is 2.61. The van der Waals surface area contributed by atoms with Gasteiger partial charge in [-0.15, -0.1) is 0 Å². The van der Waals surface area contributed by atoms with Gasteiger partial charge < -0.3 is 9.84 Å². The highest BCUT2D eigenvalue weighted by atomic mass is 16.6. The molecule has 1 aliphatic heterocycles. The Morgan fingerprint density at radius 2 is 2.23 bits per heavy atom. The quantitative estimate of drug-likeness (QED) is 0.575. The molecule has 1 amide bonds. The van der Waals surface area contributed by atoms with Crippen LogP contribution in [0.2, 0.25) is 0 Å². The van der Waals surface area contributed by atoms with E-state index in [0.717, 1.165) is 0 Å². The predicted octanol–water partition coefficient (Wildman–Crippen LogP) is 1.11. The van der Waals surface area contributed by atoms with Gasteiger partial charge in [0, 0.05) is 6.54 Å². The first kappa shape index (κ1) is 10.1. The first-order valence-corrected chi connectivity index (χ1v) is 4.24. The number of rotatable bonds is 0. The van der Waals surface area contributed by atoms with E-state index in [1.165, 1.54) is 4.90 Å². The number of carbonyl (C=O) groups is 1. The second-order valence-electron chi connectivity index (χ2n) is 3.97. The fourth-order valence-corrected chi connectivity index (χ4v) is 1.01. The molecule has 0 fully saturated rings. The minimum Gasteiger partial charge on any atom is -0.444 e. The molecule has 0 aromatic heterocycles. The van der Waals surface area contributed by atoms with Gasteiger partial charge in [0.25, 0.3) is 0 Å². The number of hydrogen-bond donors (Lipinski definition) is 1. The summed E-state index contributed by atoms with van der Waals surface area (Å²) in [6, 6.07) is 0. The molecule has 0 spiro atoms. The molecule has 0 saturated heterocycles. The number of aliphatic hydroxyl groups excluding tert-OH is 1. The van der Waals surface area contributed by atoms with E-state index in [2.05, 4.69) is 0 Å². The van der Waals surface area contributed by atoms with Crippen LogP contribution in [-0.4, -0.2) is 34.5 Å². The number of aliphatic hydroxyl groups is 1. The highest BCUT2D eigenvalue weighted by Gasteiger charge is 2.27. The zero-order chi connectivity index (χ0) is 10.1. The van der Waals surface area contributed by atoms with E-state index in [1.54, 1.807) is 32.9 Å². The molecule has 0 bridgehead atoms. The summed E-state index contributed by atoms with van der Waals surface area (Å²) in [5.41, 5.74) is -0.514. The molecule has 1 atom stereocenters. The monoisotopic (exact) mass is 185 g/mol. The van der Waals surface area contributed by atoms with E-state index in [4.69, 9.17) is 4.74 Å². The third kappa shape index (κ3) is 2.73. The second kappa shape index (κ2) is 3.38. The number of amides is 1. The molecule has 13 heavy (non-hydrogen) atoms. The van der Waals surface area contributed by atoms with Gasteiger partial charge in [0.2, 0.25) is 0 Å². The summed E-state index contributed by atoms with van der Waals surface area (Å²) in [6.45, 7) is 5.79. The third-order valence-electron chi connectivity index (χ3n) is 1.56. The van der Waals surface area contributed by atoms with Gasteiger partial charge in [0.05, 0.1) is 0 Å². The van der Waals surface area contributed by atoms with Crippen LogP contribution in [0.4, 0.5) is 4.79 Å². The molecule has 0 aromatic rings. The Bertz CT molecular complexity index is 230. The van der Waals surface area contributed by atoms with Gasteiger partial charge in [-0.1, -0.05) is 6.08 Å². The van der Waals surface area contributed by atoms with Crippen molar-refractivity contribution in [3.8, 4) is 0 Å². The molecular weight excluding hydrogens is 170 g/mol. The minimum atomic E-state index is -0.838. The van der Waals surface area contributed by atoms with Gasteiger partial charge >= 0.3 is 6.09 Å². The van der Waals surface area contributed by atoms with E-state index < -0.39 is 17.9 Å². The number of hydrogen-bond acceptors (Lipinski definition) is 3. The molecule has 1 rings (SSSR count). The molecule has 1 unspecified atom stereocenters. The first-order chi connectivity index (χ1) is 5.90. The summed E-state index contributed by atoms with van der Waals surface area (Å²) in [4.78, 5) is 12.6. The van der Waals surface area contributed by atoms with Crippen LogP contribution in [-0.2, 0) is 4.74 Å². The van der Waals surface area contributed by atoms with E-state index in [-0.39, 0.29) is 0 Å².